The summed E-state index contributed by atoms with van der Waals surface area (Å²) in [6.45, 7) is 11.0. The zero-order valence-corrected chi connectivity index (χ0v) is 17.1. The largest absolute Gasteiger partial charge is 0.371 e. The summed E-state index contributed by atoms with van der Waals surface area (Å²) in [4.78, 5) is 19.3. The van der Waals surface area contributed by atoms with Crippen molar-refractivity contribution in [3.8, 4) is 0 Å². The molecule has 0 amide bonds. The number of ketones is 1. The molecule has 3 unspecified atom stereocenters. The summed E-state index contributed by atoms with van der Waals surface area (Å²) < 4.78 is 0. The fourth-order valence-electron chi connectivity index (χ4n) is 4.31. The van der Waals surface area contributed by atoms with E-state index in [1.165, 1.54) is 17.7 Å². The highest BCUT2D eigenvalue weighted by molar-refractivity contribution is 5.95. The molecule has 0 N–H and O–H groups in total. The second kappa shape index (κ2) is 8.69. The Balaban J connectivity index is 1.63. The van der Waals surface area contributed by atoms with E-state index in [0.29, 0.717) is 24.2 Å². The Labute approximate surface area is 163 Å². The van der Waals surface area contributed by atoms with Crippen molar-refractivity contribution in [3.63, 3.8) is 0 Å². The Kier molecular flexibility index (Phi) is 6.30. The van der Waals surface area contributed by atoms with E-state index < -0.39 is 0 Å². The monoisotopic (exact) mass is 364 g/mol. The second-order valence-electron chi connectivity index (χ2n) is 8.53. The number of carbonyl (C=O) groups excluding carboxylic acids is 1. The van der Waals surface area contributed by atoms with Crippen LogP contribution in [0.3, 0.4) is 0 Å². The maximum absolute atomic E-state index is 12.6. The first-order valence-electron chi connectivity index (χ1n) is 10.2. The molecular formula is C24H32N2O. The summed E-state index contributed by atoms with van der Waals surface area (Å²) in [5.41, 5.74) is 4.43. The first-order chi connectivity index (χ1) is 12.9. The predicted molar refractivity (Wildman–Crippen MR) is 112 cm³/mol. The number of anilines is 1. The number of carbonyl (C=O) groups is 1. The molecule has 1 aliphatic heterocycles. The molecule has 2 heterocycles. The highest BCUT2D eigenvalue weighted by atomic mass is 16.1. The molecule has 1 aromatic carbocycles. The van der Waals surface area contributed by atoms with Crippen molar-refractivity contribution < 1.29 is 4.79 Å². The summed E-state index contributed by atoms with van der Waals surface area (Å²) in [7, 11) is 0. The lowest BCUT2D eigenvalue weighted by atomic mass is 9.83. The molecule has 1 saturated heterocycles. The number of hydrogen-bond acceptors (Lipinski definition) is 3. The number of pyridine rings is 1. The molecule has 1 aliphatic rings. The third-order valence-electron chi connectivity index (χ3n) is 5.89. The van der Waals surface area contributed by atoms with Crippen LogP contribution in [0.5, 0.6) is 0 Å². The Morgan fingerprint density at radius 1 is 1.07 bits per heavy atom. The zero-order chi connectivity index (χ0) is 19.4. The van der Waals surface area contributed by atoms with Crippen molar-refractivity contribution >= 4 is 11.5 Å². The zero-order valence-electron chi connectivity index (χ0n) is 17.1. The molecule has 0 saturated carbocycles. The van der Waals surface area contributed by atoms with Gasteiger partial charge in [0.25, 0.3) is 0 Å². The van der Waals surface area contributed by atoms with Crippen LogP contribution in [0, 0.1) is 31.6 Å². The molecule has 27 heavy (non-hydrogen) atoms. The quantitative estimate of drug-likeness (QED) is 0.661. The Hall–Kier alpha value is -2.16. The Morgan fingerprint density at radius 3 is 2.52 bits per heavy atom. The van der Waals surface area contributed by atoms with Gasteiger partial charge in [-0.1, -0.05) is 31.5 Å². The molecule has 144 valence electrons. The molecule has 3 nitrogen and oxygen atoms in total. The van der Waals surface area contributed by atoms with Crippen LogP contribution in [0.15, 0.2) is 42.7 Å². The normalized spacial score (nSPS) is 23.1. The SMILES string of the molecule is Cc1ccc(N2CC(C)CC(CCC(=O)c3cncc(C)c3)C(C)C2)cc1. The van der Waals surface area contributed by atoms with E-state index in [2.05, 4.69) is 54.9 Å². The van der Waals surface area contributed by atoms with Gasteiger partial charge in [0, 0.05) is 43.2 Å². The van der Waals surface area contributed by atoms with Crippen LogP contribution in [0.25, 0.3) is 0 Å². The summed E-state index contributed by atoms with van der Waals surface area (Å²) in [6, 6.07) is 10.8. The molecule has 0 spiro atoms. The van der Waals surface area contributed by atoms with Crippen molar-refractivity contribution in [2.75, 3.05) is 18.0 Å². The molecule has 3 rings (SSSR count). The van der Waals surface area contributed by atoms with E-state index in [1.54, 1.807) is 12.4 Å². The van der Waals surface area contributed by atoms with E-state index in [9.17, 15) is 4.79 Å². The van der Waals surface area contributed by atoms with Crippen LogP contribution in [-0.4, -0.2) is 23.9 Å². The first kappa shape index (κ1) is 19.6. The van der Waals surface area contributed by atoms with Crippen LogP contribution < -0.4 is 4.90 Å². The molecule has 0 radical (unpaired) electrons. The van der Waals surface area contributed by atoms with Crippen molar-refractivity contribution in [2.45, 2.75) is 47.0 Å². The minimum atomic E-state index is 0.227. The van der Waals surface area contributed by atoms with Crippen LogP contribution in [-0.2, 0) is 0 Å². The molecular weight excluding hydrogens is 332 g/mol. The van der Waals surface area contributed by atoms with Crippen molar-refractivity contribution in [2.24, 2.45) is 17.8 Å². The third kappa shape index (κ3) is 5.18. The lowest BCUT2D eigenvalue weighted by molar-refractivity contribution is 0.0967. The van der Waals surface area contributed by atoms with Gasteiger partial charge >= 0.3 is 0 Å². The van der Waals surface area contributed by atoms with Gasteiger partial charge in [0.2, 0.25) is 0 Å². The van der Waals surface area contributed by atoms with E-state index in [4.69, 9.17) is 0 Å². The number of aromatic nitrogens is 1. The first-order valence-corrected chi connectivity index (χ1v) is 10.2. The van der Waals surface area contributed by atoms with Gasteiger partial charge in [-0.2, -0.15) is 0 Å². The molecule has 1 fully saturated rings. The number of rotatable bonds is 5. The van der Waals surface area contributed by atoms with E-state index >= 15 is 0 Å². The molecule has 2 aromatic rings. The highest BCUT2D eigenvalue weighted by Crippen LogP contribution is 2.32. The van der Waals surface area contributed by atoms with Gasteiger partial charge in [0.15, 0.2) is 5.78 Å². The van der Waals surface area contributed by atoms with Gasteiger partial charge in [0.05, 0.1) is 0 Å². The topological polar surface area (TPSA) is 33.2 Å². The summed E-state index contributed by atoms with van der Waals surface area (Å²) in [5.74, 6) is 2.04. The van der Waals surface area contributed by atoms with Crippen LogP contribution in [0.1, 0.15) is 54.6 Å². The van der Waals surface area contributed by atoms with Crippen LogP contribution in [0.2, 0.25) is 0 Å². The Morgan fingerprint density at radius 2 is 1.81 bits per heavy atom. The minimum absolute atomic E-state index is 0.227. The number of benzene rings is 1. The van der Waals surface area contributed by atoms with E-state index in [0.717, 1.165) is 30.6 Å². The maximum Gasteiger partial charge on any atom is 0.164 e. The van der Waals surface area contributed by atoms with Crippen molar-refractivity contribution in [1.82, 2.24) is 4.98 Å². The highest BCUT2D eigenvalue weighted by Gasteiger charge is 2.28. The third-order valence-corrected chi connectivity index (χ3v) is 5.89. The molecule has 3 heteroatoms. The van der Waals surface area contributed by atoms with Crippen molar-refractivity contribution in [3.05, 3.63) is 59.4 Å². The molecule has 3 atom stereocenters. The van der Waals surface area contributed by atoms with E-state index in [1.807, 2.05) is 13.0 Å². The summed E-state index contributed by atoms with van der Waals surface area (Å²) in [5, 5.41) is 0. The minimum Gasteiger partial charge on any atom is -0.371 e. The van der Waals surface area contributed by atoms with Gasteiger partial charge < -0.3 is 4.90 Å². The van der Waals surface area contributed by atoms with Crippen molar-refractivity contribution in [1.29, 1.82) is 0 Å². The second-order valence-corrected chi connectivity index (χ2v) is 8.53. The Bertz CT molecular complexity index is 768. The molecule has 0 bridgehead atoms. The number of aryl methyl sites for hydroxylation is 2. The van der Waals surface area contributed by atoms with Gasteiger partial charge in [-0.25, -0.2) is 0 Å². The lowest BCUT2D eigenvalue weighted by Gasteiger charge is -2.28. The van der Waals surface area contributed by atoms with E-state index in [-0.39, 0.29) is 5.78 Å². The van der Waals surface area contributed by atoms with Crippen LogP contribution in [0.4, 0.5) is 5.69 Å². The predicted octanol–water partition coefficient (Wildman–Crippen LogP) is 5.46. The van der Waals surface area contributed by atoms with Gasteiger partial charge in [-0.05, 0) is 68.2 Å². The fourth-order valence-corrected chi connectivity index (χ4v) is 4.31. The average molecular weight is 365 g/mol. The van der Waals surface area contributed by atoms with Crippen LogP contribution >= 0.6 is 0 Å². The maximum atomic E-state index is 12.6. The fraction of sp³-hybridized carbons (Fsp3) is 0.500. The number of Topliss-reactive ketones (excluding diaryl/α,β-unsaturated/α-hetero) is 1. The number of hydrogen-bond donors (Lipinski definition) is 0. The standard InChI is InChI=1S/C24H32N2O/c1-17-5-8-23(9-6-17)26-15-19(3)12-21(20(4)16-26)7-10-24(27)22-11-18(2)13-25-14-22/h5-6,8-9,11,13-14,19-21H,7,10,12,15-16H2,1-4H3. The van der Waals surface area contributed by atoms with Gasteiger partial charge in [0.1, 0.15) is 0 Å². The number of nitrogens with zero attached hydrogens (tertiary/aromatic N) is 2. The summed E-state index contributed by atoms with van der Waals surface area (Å²) in [6.07, 6.45) is 6.29. The molecule has 1 aromatic heterocycles. The average Bonchev–Trinajstić information content (AvgIpc) is 2.78. The smallest absolute Gasteiger partial charge is 0.164 e. The van der Waals surface area contributed by atoms with Gasteiger partial charge in [-0.3, -0.25) is 9.78 Å². The summed E-state index contributed by atoms with van der Waals surface area (Å²) >= 11 is 0. The van der Waals surface area contributed by atoms with Gasteiger partial charge in [-0.15, -0.1) is 0 Å². The molecule has 0 aliphatic carbocycles. The lowest BCUT2D eigenvalue weighted by Crippen LogP contribution is -2.30.